The van der Waals surface area contributed by atoms with E-state index in [9.17, 15) is 5.11 Å². The number of benzene rings is 1. The van der Waals surface area contributed by atoms with Gasteiger partial charge < -0.3 is 14.6 Å². The molecule has 3 nitrogen and oxygen atoms in total. The normalized spacial score (nSPS) is 16.1. The van der Waals surface area contributed by atoms with Gasteiger partial charge in [0.1, 0.15) is 0 Å². The van der Waals surface area contributed by atoms with E-state index in [0.717, 1.165) is 5.56 Å². The molecule has 2 rings (SSSR count). The average Bonchev–Trinajstić information content (AvgIpc) is 2.74. The standard InChI is InChI=1S/C15H19ClO3/c1-15(2,3)8-11(17)6-4-10-5-7-12-14(13(10)16)19-9-18-12/h4-7,11,17H,8-9H2,1-3H3. The molecule has 1 heterocycles. The van der Waals surface area contributed by atoms with E-state index < -0.39 is 6.10 Å². The van der Waals surface area contributed by atoms with Crippen molar-refractivity contribution in [1.82, 2.24) is 0 Å². The third-order valence-corrected chi connectivity index (χ3v) is 3.22. The van der Waals surface area contributed by atoms with E-state index in [1.54, 1.807) is 6.08 Å². The number of ether oxygens (including phenoxy) is 2. The Bertz CT molecular complexity index is 489. The molecule has 1 aromatic carbocycles. The molecule has 0 saturated heterocycles. The average molecular weight is 283 g/mol. The van der Waals surface area contributed by atoms with Gasteiger partial charge in [0.2, 0.25) is 6.79 Å². The highest BCUT2D eigenvalue weighted by Crippen LogP contribution is 2.41. The molecule has 1 unspecified atom stereocenters. The van der Waals surface area contributed by atoms with Gasteiger partial charge in [-0.15, -0.1) is 0 Å². The summed E-state index contributed by atoms with van der Waals surface area (Å²) in [4.78, 5) is 0. The van der Waals surface area contributed by atoms with Crippen molar-refractivity contribution in [2.45, 2.75) is 33.3 Å². The second kappa shape index (κ2) is 5.43. The number of rotatable bonds is 3. The van der Waals surface area contributed by atoms with Crippen LogP contribution >= 0.6 is 11.6 Å². The van der Waals surface area contributed by atoms with E-state index >= 15 is 0 Å². The van der Waals surface area contributed by atoms with Crippen LogP contribution in [0.5, 0.6) is 11.5 Å². The van der Waals surface area contributed by atoms with Crippen LogP contribution < -0.4 is 9.47 Å². The van der Waals surface area contributed by atoms with Crippen LogP contribution in [0.1, 0.15) is 32.8 Å². The van der Waals surface area contributed by atoms with Crippen molar-refractivity contribution in [3.05, 3.63) is 28.8 Å². The lowest BCUT2D eigenvalue weighted by molar-refractivity contribution is 0.162. The summed E-state index contributed by atoms with van der Waals surface area (Å²) in [5, 5.41) is 10.5. The van der Waals surface area contributed by atoms with Crippen LogP contribution in [0.3, 0.4) is 0 Å². The van der Waals surface area contributed by atoms with Gasteiger partial charge in [-0.2, -0.15) is 0 Å². The largest absolute Gasteiger partial charge is 0.454 e. The highest BCUT2D eigenvalue weighted by molar-refractivity contribution is 6.33. The Labute approximate surface area is 118 Å². The zero-order valence-electron chi connectivity index (χ0n) is 11.4. The molecule has 0 saturated carbocycles. The Morgan fingerprint density at radius 1 is 1.37 bits per heavy atom. The van der Waals surface area contributed by atoms with E-state index in [2.05, 4.69) is 20.8 Å². The topological polar surface area (TPSA) is 38.7 Å². The molecule has 19 heavy (non-hydrogen) atoms. The Balaban J connectivity index is 2.11. The molecule has 104 valence electrons. The molecule has 1 atom stereocenters. The number of halogens is 1. The number of hydrogen-bond acceptors (Lipinski definition) is 3. The van der Waals surface area contributed by atoms with Crippen LogP contribution in [-0.2, 0) is 0 Å². The lowest BCUT2D eigenvalue weighted by Crippen LogP contribution is -2.15. The van der Waals surface area contributed by atoms with Gasteiger partial charge in [-0.1, -0.05) is 44.5 Å². The SMILES string of the molecule is CC(C)(C)CC(O)C=Cc1ccc2c(c1Cl)OCO2. The maximum absolute atomic E-state index is 9.94. The fourth-order valence-corrected chi connectivity index (χ4v) is 2.27. The van der Waals surface area contributed by atoms with Crippen LogP contribution in [0.4, 0.5) is 0 Å². The molecule has 0 fully saturated rings. The first-order valence-electron chi connectivity index (χ1n) is 6.31. The second-order valence-electron chi connectivity index (χ2n) is 5.89. The van der Waals surface area contributed by atoms with E-state index in [-0.39, 0.29) is 12.2 Å². The summed E-state index contributed by atoms with van der Waals surface area (Å²) in [6.45, 7) is 6.49. The molecule has 0 radical (unpaired) electrons. The van der Waals surface area contributed by atoms with Crippen molar-refractivity contribution in [2.24, 2.45) is 5.41 Å². The zero-order chi connectivity index (χ0) is 14.0. The Kier molecular flexibility index (Phi) is 4.07. The maximum atomic E-state index is 9.94. The lowest BCUT2D eigenvalue weighted by Gasteiger charge is -2.20. The van der Waals surface area contributed by atoms with Gasteiger partial charge in [-0.3, -0.25) is 0 Å². The minimum Gasteiger partial charge on any atom is -0.454 e. The predicted molar refractivity (Wildman–Crippen MR) is 76.7 cm³/mol. The van der Waals surface area contributed by atoms with Crippen molar-refractivity contribution >= 4 is 17.7 Å². The lowest BCUT2D eigenvalue weighted by atomic mass is 9.89. The quantitative estimate of drug-likeness (QED) is 0.914. The van der Waals surface area contributed by atoms with E-state index in [4.69, 9.17) is 21.1 Å². The van der Waals surface area contributed by atoms with Crippen molar-refractivity contribution in [2.75, 3.05) is 6.79 Å². The first kappa shape index (κ1) is 14.2. The molecular weight excluding hydrogens is 264 g/mol. The fourth-order valence-electron chi connectivity index (χ4n) is 1.99. The molecule has 0 aliphatic carbocycles. The van der Waals surface area contributed by atoms with Gasteiger partial charge in [0.25, 0.3) is 0 Å². The predicted octanol–water partition coefficient (Wildman–Crippen LogP) is 3.88. The minimum atomic E-state index is -0.485. The van der Waals surface area contributed by atoms with E-state index in [0.29, 0.717) is 22.9 Å². The van der Waals surface area contributed by atoms with Crippen LogP contribution in [0.15, 0.2) is 18.2 Å². The molecular formula is C15H19ClO3. The first-order chi connectivity index (χ1) is 8.87. The van der Waals surface area contributed by atoms with E-state index in [1.807, 2.05) is 18.2 Å². The Morgan fingerprint density at radius 3 is 2.79 bits per heavy atom. The third kappa shape index (κ3) is 3.64. The molecule has 1 N–H and O–H groups in total. The molecule has 1 aliphatic heterocycles. The number of aliphatic hydroxyl groups excluding tert-OH is 1. The Morgan fingerprint density at radius 2 is 2.11 bits per heavy atom. The summed E-state index contributed by atoms with van der Waals surface area (Å²) in [5.74, 6) is 1.24. The smallest absolute Gasteiger partial charge is 0.231 e. The highest BCUT2D eigenvalue weighted by atomic mass is 35.5. The summed E-state index contributed by atoms with van der Waals surface area (Å²) in [7, 11) is 0. The van der Waals surface area contributed by atoms with Gasteiger partial charge in [0.05, 0.1) is 11.1 Å². The zero-order valence-corrected chi connectivity index (χ0v) is 12.2. The molecule has 4 heteroatoms. The molecule has 0 amide bonds. The van der Waals surface area contributed by atoms with Crippen molar-refractivity contribution in [1.29, 1.82) is 0 Å². The summed E-state index contributed by atoms with van der Waals surface area (Å²) >= 11 is 6.23. The summed E-state index contributed by atoms with van der Waals surface area (Å²) in [5.41, 5.74) is 0.904. The van der Waals surface area contributed by atoms with Gasteiger partial charge in [-0.25, -0.2) is 0 Å². The summed E-state index contributed by atoms with van der Waals surface area (Å²) < 4.78 is 10.6. The minimum absolute atomic E-state index is 0.0858. The van der Waals surface area contributed by atoms with E-state index in [1.165, 1.54) is 0 Å². The van der Waals surface area contributed by atoms with Crippen molar-refractivity contribution in [3.8, 4) is 11.5 Å². The monoisotopic (exact) mass is 282 g/mol. The van der Waals surface area contributed by atoms with Gasteiger partial charge in [0, 0.05) is 0 Å². The molecule has 1 aliphatic rings. The maximum Gasteiger partial charge on any atom is 0.231 e. The molecule has 0 bridgehead atoms. The summed E-state index contributed by atoms with van der Waals surface area (Å²) in [6.07, 6.45) is 3.79. The Hall–Kier alpha value is -1.19. The number of hydrogen-bond donors (Lipinski definition) is 1. The van der Waals surface area contributed by atoms with Crippen molar-refractivity contribution in [3.63, 3.8) is 0 Å². The van der Waals surface area contributed by atoms with Crippen LogP contribution in [-0.4, -0.2) is 18.0 Å². The number of aliphatic hydroxyl groups is 1. The molecule has 0 aromatic heterocycles. The second-order valence-corrected chi connectivity index (χ2v) is 6.27. The van der Waals surface area contributed by atoms with Crippen LogP contribution in [0.2, 0.25) is 5.02 Å². The van der Waals surface area contributed by atoms with Crippen LogP contribution in [0.25, 0.3) is 6.08 Å². The number of fused-ring (bicyclic) bond motifs is 1. The third-order valence-electron chi connectivity index (χ3n) is 2.83. The fraction of sp³-hybridized carbons (Fsp3) is 0.467. The van der Waals surface area contributed by atoms with Crippen LogP contribution in [0, 0.1) is 5.41 Å². The highest BCUT2D eigenvalue weighted by Gasteiger charge is 2.19. The first-order valence-corrected chi connectivity index (χ1v) is 6.69. The molecule has 1 aromatic rings. The van der Waals surface area contributed by atoms with Crippen molar-refractivity contribution < 1.29 is 14.6 Å². The van der Waals surface area contributed by atoms with Gasteiger partial charge in [-0.05, 0) is 29.5 Å². The molecule has 0 spiro atoms. The summed E-state index contributed by atoms with van der Waals surface area (Å²) in [6, 6.07) is 3.68. The van der Waals surface area contributed by atoms with Gasteiger partial charge in [0.15, 0.2) is 11.5 Å². The van der Waals surface area contributed by atoms with Gasteiger partial charge >= 0.3 is 0 Å².